The third-order valence-electron chi connectivity index (χ3n) is 3.27. The van der Waals surface area contributed by atoms with Crippen LogP contribution in [0.3, 0.4) is 0 Å². The number of nitrogens with one attached hydrogen (secondary N) is 1. The van der Waals surface area contributed by atoms with Crippen LogP contribution in [0.2, 0.25) is 0 Å². The van der Waals surface area contributed by atoms with Crippen LogP contribution >= 0.6 is 0 Å². The molecule has 0 aliphatic heterocycles. The van der Waals surface area contributed by atoms with Gasteiger partial charge in [-0.2, -0.15) is 0 Å². The van der Waals surface area contributed by atoms with Crippen LogP contribution in [0.25, 0.3) is 16.9 Å². The summed E-state index contributed by atoms with van der Waals surface area (Å²) in [5.41, 5.74) is 3.52. The zero-order valence-electron chi connectivity index (χ0n) is 11.3. The third-order valence-corrected chi connectivity index (χ3v) is 4.20. The van der Waals surface area contributed by atoms with Gasteiger partial charge in [0.15, 0.2) is 0 Å². The molecule has 7 heteroatoms. The first-order valence-electron chi connectivity index (χ1n) is 6.27. The van der Waals surface area contributed by atoms with Crippen LogP contribution in [0.1, 0.15) is 0 Å². The van der Waals surface area contributed by atoms with E-state index >= 15 is 0 Å². The first-order valence-corrected chi connectivity index (χ1v) is 7.82. The van der Waals surface area contributed by atoms with Crippen molar-refractivity contribution in [2.45, 2.75) is 4.90 Å². The Morgan fingerprint density at radius 3 is 2.48 bits per heavy atom. The van der Waals surface area contributed by atoms with E-state index in [2.05, 4.69) is 10.3 Å². The average molecular weight is 302 g/mol. The minimum absolute atomic E-state index is 0.0935. The molecule has 0 aliphatic rings. The standard InChI is InChI=1S/C14H14N4O2S/c1-16-11-4-7-14-17-8-13(18(14)9-11)10-2-5-12(6-3-10)21(15,19)20/h2-9,16H,1H3,(H2,15,19,20). The van der Waals surface area contributed by atoms with E-state index < -0.39 is 10.0 Å². The molecule has 0 saturated heterocycles. The van der Waals surface area contributed by atoms with E-state index in [4.69, 9.17) is 5.14 Å². The number of pyridine rings is 1. The number of aromatic nitrogens is 2. The average Bonchev–Trinajstić information content (AvgIpc) is 2.89. The Kier molecular flexibility index (Phi) is 3.15. The first-order chi connectivity index (χ1) is 9.99. The zero-order chi connectivity index (χ0) is 15.0. The summed E-state index contributed by atoms with van der Waals surface area (Å²) in [7, 11) is -1.83. The molecular weight excluding hydrogens is 288 g/mol. The van der Waals surface area contributed by atoms with Gasteiger partial charge in [-0.15, -0.1) is 0 Å². The van der Waals surface area contributed by atoms with Gasteiger partial charge < -0.3 is 5.32 Å². The largest absolute Gasteiger partial charge is 0.387 e. The van der Waals surface area contributed by atoms with Crippen molar-refractivity contribution in [3.05, 3.63) is 48.8 Å². The van der Waals surface area contributed by atoms with Crippen molar-refractivity contribution in [1.82, 2.24) is 9.38 Å². The molecule has 21 heavy (non-hydrogen) atoms. The summed E-state index contributed by atoms with van der Waals surface area (Å²) in [5.74, 6) is 0. The topological polar surface area (TPSA) is 89.5 Å². The molecule has 0 unspecified atom stereocenters. The number of hydrogen-bond donors (Lipinski definition) is 2. The number of sulfonamides is 1. The van der Waals surface area contributed by atoms with E-state index in [1.165, 1.54) is 12.1 Å². The lowest BCUT2D eigenvalue weighted by molar-refractivity contribution is 0.598. The second-order valence-electron chi connectivity index (χ2n) is 4.61. The smallest absolute Gasteiger partial charge is 0.238 e. The summed E-state index contributed by atoms with van der Waals surface area (Å²) in [6.07, 6.45) is 3.69. The number of fused-ring (bicyclic) bond motifs is 1. The lowest BCUT2D eigenvalue weighted by atomic mass is 10.2. The molecule has 0 fully saturated rings. The van der Waals surface area contributed by atoms with Crippen LogP contribution in [-0.2, 0) is 10.0 Å². The summed E-state index contributed by atoms with van der Waals surface area (Å²) in [4.78, 5) is 4.43. The molecule has 3 N–H and O–H groups in total. The van der Waals surface area contributed by atoms with Gasteiger partial charge in [0.25, 0.3) is 0 Å². The van der Waals surface area contributed by atoms with Gasteiger partial charge in [-0.05, 0) is 24.3 Å². The summed E-state index contributed by atoms with van der Waals surface area (Å²) >= 11 is 0. The Hall–Kier alpha value is -2.38. The van der Waals surface area contributed by atoms with Crippen molar-refractivity contribution in [2.24, 2.45) is 5.14 Å². The number of nitrogens with zero attached hydrogens (tertiary/aromatic N) is 2. The Balaban J connectivity index is 2.12. The number of rotatable bonds is 3. The van der Waals surface area contributed by atoms with Crippen molar-refractivity contribution in [2.75, 3.05) is 12.4 Å². The first kappa shape index (κ1) is 13.6. The zero-order valence-corrected chi connectivity index (χ0v) is 12.1. The molecule has 0 amide bonds. The highest BCUT2D eigenvalue weighted by atomic mass is 32.2. The van der Waals surface area contributed by atoms with Gasteiger partial charge in [-0.25, -0.2) is 18.5 Å². The molecule has 2 heterocycles. The van der Waals surface area contributed by atoms with Crippen molar-refractivity contribution in [1.29, 1.82) is 0 Å². The Morgan fingerprint density at radius 1 is 1.14 bits per heavy atom. The third kappa shape index (κ3) is 2.48. The van der Waals surface area contributed by atoms with E-state index in [-0.39, 0.29) is 4.90 Å². The maximum atomic E-state index is 11.3. The fourth-order valence-electron chi connectivity index (χ4n) is 2.16. The molecule has 3 rings (SSSR count). The maximum Gasteiger partial charge on any atom is 0.238 e. The quantitative estimate of drug-likeness (QED) is 0.770. The van der Waals surface area contributed by atoms with Crippen LogP contribution in [-0.4, -0.2) is 24.9 Å². The van der Waals surface area contributed by atoms with Gasteiger partial charge >= 0.3 is 0 Å². The van der Waals surface area contributed by atoms with Gasteiger partial charge in [0.1, 0.15) is 5.65 Å². The molecule has 6 nitrogen and oxygen atoms in total. The number of benzene rings is 1. The predicted octanol–water partition coefficient (Wildman–Crippen LogP) is 1.69. The summed E-state index contributed by atoms with van der Waals surface area (Å²) in [6, 6.07) is 10.3. The Morgan fingerprint density at radius 2 is 1.86 bits per heavy atom. The molecule has 0 bridgehead atoms. The molecule has 0 spiro atoms. The van der Waals surface area contributed by atoms with Crippen LogP contribution in [0.15, 0.2) is 53.7 Å². The minimum atomic E-state index is -3.67. The van der Waals surface area contributed by atoms with E-state index in [0.29, 0.717) is 0 Å². The molecule has 0 atom stereocenters. The molecule has 0 saturated carbocycles. The minimum Gasteiger partial charge on any atom is -0.387 e. The molecule has 0 aliphatic carbocycles. The summed E-state index contributed by atoms with van der Waals surface area (Å²) in [5, 5.41) is 8.17. The molecule has 3 aromatic rings. The fourth-order valence-corrected chi connectivity index (χ4v) is 2.67. The van der Waals surface area contributed by atoms with Crippen LogP contribution < -0.4 is 10.5 Å². The van der Waals surface area contributed by atoms with Crippen molar-refractivity contribution in [3.63, 3.8) is 0 Å². The van der Waals surface area contributed by atoms with Gasteiger partial charge in [-0.1, -0.05) is 12.1 Å². The van der Waals surface area contributed by atoms with E-state index in [1.807, 2.05) is 29.8 Å². The number of anilines is 1. The van der Waals surface area contributed by atoms with Gasteiger partial charge in [0.2, 0.25) is 10.0 Å². The lowest BCUT2D eigenvalue weighted by Gasteiger charge is -2.05. The Bertz CT molecular complexity index is 898. The van der Waals surface area contributed by atoms with E-state index in [9.17, 15) is 8.42 Å². The Labute approximate surface area is 122 Å². The highest BCUT2D eigenvalue weighted by Gasteiger charge is 2.10. The highest BCUT2D eigenvalue weighted by molar-refractivity contribution is 7.89. The second-order valence-corrected chi connectivity index (χ2v) is 6.17. The predicted molar refractivity (Wildman–Crippen MR) is 81.5 cm³/mol. The van der Waals surface area contributed by atoms with Gasteiger partial charge in [-0.3, -0.25) is 4.40 Å². The van der Waals surface area contributed by atoms with Crippen molar-refractivity contribution in [3.8, 4) is 11.3 Å². The number of hydrogen-bond acceptors (Lipinski definition) is 4. The molecule has 1 aromatic carbocycles. The van der Waals surface area contributed by atoms with Crippen LogP contribution in [0.5, 0.6) is 0 Å². The molecule has 2 aromatic heterocycles. The normalized spacial score (nSPS) is 11.7. The number of imidazole rings is 1. The van der Waals surface area contributed by atoms with Gasteiger partial charge in [0.05, 0.1) is 22.5 Å². The SMILES string of the molecule is CNc1ccc2ncc(-c3ccc(S(N)(=O)=O)cc3)n2c1. The van der Waals surface area contributed by atoms with E-state index in [0.717, 1.165) is 22.6 Å². The maximum absolute atomic E-state index is 11.3. The summed E-state index contributed by atoms with van der Waals surface area (Å²) < 4.78 is 24.5. The van der Waals surface area contributed by atoms with Crippen molar-refractivity contribution >= 4 is 21.4 Å². The molecular formula is C14H14N4O2S. The van der Waals surface area contributed by atoms with Crippen LogP contribution in [0, 0.1) is 0 Å². The lowest BCUT2D eigenvalue weighted by Crippen LogP contribution is -2.11. The van der Waals surface area contributed by atoms with E-state index in [1.54, 1.807) is 18.3 Å². The molecule has 0 radical (unpaired) electrons. The number of primary sulfonamides is 1. The van der Waals surface area contributed by atoms with Crippen molar-refractivity contribution < 1.29 is 8.42 Å². The summed E-state index contributed by atoms with van der Waals surface area (Å²) in [6.45, 7) is 0. The second kappa shape index (κ2) is 4.87. The fraction of sp³-hybridized carbons (Fsp3) is 0.0714. The number of nitrogens with two attached hydrogens (primary N) is 1. The van der Waals surface area contributed by atoms with Gasteiger partial charge in [0, 0.05) is 18.8 Å². The van der Waals surface area contributed by atoms with Crippen LogP contribution in [0.4, 0.5) is 5.69 Å². The molecule has 108 valence electrons. The highest BCUT2D eigenvalue weighted by Crippen LogP contribution is 2.23. The monoisotopic (exact) mass is 302 g/mol.